The summed E-state index contributed by atoms with van der Waals surface area (Å²) in [4.78, 5) is 21.7. The van der Waals surface area contributed by atoms with E-state index in [9.17, 15) is 4.79 Å². The maximum Gasteiger partial charge on any atom is 0.220 e. The minimum Gasteiger partial charge on any atom is -0.367 e. The Kier molecular flexibility index (Phi) is 8.78. The standard InChI is InChI=1S/C22H36N6OS/c1-4-14-30-22-26-20(25-16(2)3)18-15-24-28(21(18)27-22)13-12-23-19(29)11-10-17-8-6-5-7-9-17/h15-17H,4-14H2,1-3H3,(H,23,29)(H,25,26,27). The molecule has 0 spiro atoms. The van der Waals surface area contributed by atoms with Gasteiger partial charge in [-0.05, 0) is 32.6 Å². The van der Waals surface area contributed by atoms with Crippen LogP contribution in [0.1, 0.15) is 72.1 Å². The van der Waals surface area contributed by atoms with Crippen LogP contribution >= 0.6 is 11.8 Å². The number of fused-ring (bicyclic) bond motifs is 1. The van der Waals surface area contributed by atoms with E-state index in [0.717, 1.165) is 46.5 Å². The van der Waals surface area contributed by atoms with Gasteiger partial charge in [-0.3, -0.25) is 4.79 Å². The van der Waals surface area contributed by atoms with Gasteiger partial charge in [0.1, 0.15) is 5.82 Å². The summed E-state index contributed by atoms with van der Waals surface area (Å²) < 4.78 is 1.87. The van der Waals surface area contributed by atoms with Crippen LogP contribution in [0.2, 0.25) is 0 Å². The average Bonchev–Trinajstić information content (AvgIpc) is 3.14. The van der Waals surface area contributed by atoms with Gasteiger partial charge in [0, 0.05) is 24.8 Å². The van der Waals surface area contributed by atoms with E-state index >= 15 is 0 Å². The SMILES string of the molecule is CCCSc1nc(NC(C)C)c2cnn(CCNC(=O)CCC3CCCCC3)c2n1. The zero-order chi connectivity index (χ0) is 21.3. The van der Waals surface area contributed by atoms with Crippen molar-refractivity contribution >= 4 is 34.5 Å². The molecule has 0 saturated heterocycles. The summed E-state index contributed by atoms with van der Waals surface area (Å²) >= 11 is 1.66. The number of rotatable bonds is 11. The van der Waals surface area contributed by atoms with Crippen LogP contribution in [0.5, 0.6) is 0 Å². The minimum atomic E-state index is 0.146. The predicted octanol–water partition coefficient (Wildman–Crippen LogP) is 4.63. The number of aromatic nitrogens is 4. The summed E-state index contributed by atoms with van der Waals surface area (Å²) in [6, 6.07) is 0.277. The number of nitrogens with zero attached hydrogens (tertiary/aromatic N) is 4. The van der Waals surface area contributed by atoms with Gasteiger partial charge >= 0.3 is 0 Å². The van der Waals surface area contributed by atoms with Crippen LogP contribution in [0.25, 0.3) is 11.0 Å². The van der Waals surface area contributed by atoms with Crippen molar-refractivity contribution in [2.24, 2.45) is 5.92 Å². The van der Waals surface area contributed by atoms with E-state index in [1.165, 1.54) is 32.1 Å². The molecule has 1 aliphatic carbocycles. The summed E-state index contributed by atoms with van der Waals surface area (Å²) in [5.74, 6) is 2.70. The van der Waals surface area contributed by atoms with Crippen LogP contribution < -0.4 is 10.6 Å². The molecule has 0 radical (unpaired) electrons. The number of nitrogens with one attached hydrogen (secondary N) is 2. The van der Waals surface area contributed by atoms with E-state index in [2.05, 4.69) is 41.5 Å². The monoisotopic (exact) mass is 432 g/mol. The van der Waals surface area contributed by atoms with Crippen LogP contribution in [0.15, 0.2) is 11.4 Å². The van der Waals surface area contributed by atoms with Crippen LogP contribution in [0.3, 0.4) is 0 Å². The molecule has 2 heterocycles. The van der Waals surface area contributed by atoms with E-state index < -0.39 is 0 Å². The third-order valence-corrected chi connectivity index (χ3v) is 6.54. The van der Waals surface area contributed by atoms with Crippen molar-refractivity contribution in [1.82, 2.24) is 25.1 Å². The largest absolute Gasteiger partial charge is 0.367 e. The maximum absolute atomic E-state index is 12.2. The van der Waals surface area contributed by atoms with Crippen molar-refractivity contribution in [2.75, 3.05) is 17.6 Å². The molecular formula is C22H36N6OS. The molecule has 2 aromatic heterocycles. The van der Waals surface area contributed by atoms with Crippen molar-refractivity contribution in [1.29, 1.82) is 0 Å². The highest BCUT2D eigenvalue weighted by Gasteiger charge is 2.16. The van der Waals surface area contributed by atoms with E-state index in [1.54, 1.807) is 11.8 Å². The normalized spacial score (nSPS) is 15.1. The van der Waals surface area contributed by atoms with Gasteiger partial charge in [-0.25, -0.2) is 14.6 Å². The van der Waals surface area contributed by atoms with Gasteiger partial charge in [0.25, 0.3) is 0 Å². The average molecular weight is 433 g/mol. The lowest BCUT2D eigenvalue weighted by Gasteiger charge is -2.20. The Morgan fingerprint density at radius 2 is 2.07 bits per heavy atom. The first-order valence-corrected chi connectivity index (χ1v) is 12.4. The van der Waals surface area contributed by atoms with Crippen molar-refractivity contribution in [2.45, 2.75) is 89.9 Å². The smallest absolute Gasteiger partial charge is 0.220 e. The topological polar surface area (TPSA) is 84.7 Å². The third kappa shape index (κ3) is 6.59. The van der Waals surface area contributed by atoms with Crippen LogP contribution in [-0.4, -0.2) is 44.0 Å². The molecule has 7 nitrogen and oxygen atoms in total. The number of hydrogen-bond acceptors (Lipinski definition) is 6. The van der Waals surface area contributed by atoms with Gasteiger partial charge < -0.3 is 10.6 Å². The fourth-order valence-electron chi connectivity index (χ4n) is 3.94. The molecule has 1 saturated carbocycles. The molecule has 8 heteroatoms. The molecule has 0 unspecified atom stereocenters. The van der Waals surface area contributed by atoms with Crippen molar-refractivity contribution < 1.29 is 4.79 Å². The number of thioether (sulfide) groups is 1. The second-order valence-corrected chi connectivity index (χ2v) is 9.56. The van der Waals surface area contributed by atoms with Gasteiger partial charge in [0.15, 0.2) is 10.8 Å². The zero-order valence-electron chi connectivity index (χ0n) is 18.6. The molecule has 30 heavy (non-hydrogen) atoms. The molecule has 166 valence electrons. The maximum atomic E-state index is 12.2. The van der Waals surface area contributed by atoms with E-state index in [-0.39, 0.29) is 11.9 Å². The first kappa shape index (κ1) is 22.8. The summed E-state index contributed by atoms with van der Waals surface area (Å²) in [7, 11) is 0. The Morgan fingerprint density at radius 1 is 1.27 bits per heavy atom. The number of amides is 1. The van der Waals surface area contributed by atoms with Crippen molar-refractivity contribution in [3.05, 3.63) is 6.20 Å². The molecular weight excluding hydrogens is 396 g/mol. The summed E-state index contributed by atoms with van der Waals surface area (Å²) in [5, 5.41) is 12.7. The van der Waals surface area contributed by atoms with E-state index in [0.29, 0.717) is 19.5 Å². The van der Waals surface area contributed by atoms with E-state index in [4.69, 9.17) is 4.98 Å². The predicted molar refractivity (Wildman–Crippen MR) is 124 cm³/mol. The van der Waals surface area contributed by atoms with Gasteiger partial charge in [0.2, 0.25) is 5.91 Å². The summed E-state index contributed by atoms with van der Waals surface area (Å²) in [5.41, 5.74) is 0.822. The molecule has 3 rings (SSSR count). The number of carbonyl (C=O) groups excluding carboxylic acids is 1. The molecule has 2 N–H and O–H groups in total. The quantitative estimate of drug-likeness (QED) is 0.398. The third-order valence-electron chi connectivity index (χ3n) is 5.49. The molecule has 1 amide bonds. The second kappa shape index (κ2) is 11.5. The van der Waals surface area contributed by atoms with Gasteiger partial charge in [0.05, 0.1) is 18.1 Å². The first-order valence-electron chi connectivity index (χ1n) is 11.5. The van der Waals surface area contributed by atoms with Crippen LogP contribution in [0, 0.1) is 5.92 Å². The van der Waals surface area contributed by atoms with E-state index in [1.807, 2.05) is 10.9 Å². The van der Waals surface area contributed by atoms with Gasteiger partial charge in [-0.15, -0.1) is 0 Å². The molecule has 0 bridgehead atoms. The lowest BCUT2D eigenvalue weighted by atomic mass is 9.86. The first-order chi connectivity index (χ1) is 14.6. The second-order valence-electron chi connectivity index (χ2n) is 8.50. The molecule has 2 aromatic rings. The Balaban J connectivity index is 1.58. The summed E-state index contributed by atoms with van der Waals surface area (Å²) in [6.45, 7) is 7.52. The van der Waals surface area contributed by atoms with Crippen molar-refractivity contribution in [3.63, 3.8) is 0 Å². The highest BCUT2D eigenvalue weighted by molar-refractivity contribution is 7.99. The Labute approximate surface area is 184 Å². The lowest BCUT2D eigenvalue weighted by Crippen LogP contribution is -2.28. The Morgan fingerprint density at radius 3 is 2.80 bits per heavy atom. The molecule has 1 fully saturated rings. The van der Waals surface area contributed by atoms with Crippen LogP contribution in [0.4, 0.5) is 5.82 Å². The number of carbonyl (C=O) groups is 1. The molecule has 0 atom stereocenters. The minimum absolute atomic E-state index is 0.146. The molecule has 0 aromatic carbocycles. The van der Waals surface area contributed by atoms with Crippen LogP contribution in [-0.2, 0) is 11.3 Å². The number of anilines is 1. The highest BCUT2D eigenvalue weighted by atomic mass is 32.2. The fourth-order valence-corrected chi connectivity index (χ4v) is 4.63. The lowest BCUT2D eigenvalue weighted by molar-refractivity contribution is -0.121. The zero-order valence-corrected chi connectivity index (χ0v) is 19.4. The highest BCUT2D eigenvalue weighted by Crippen LogP contribution is 2.27. The molecule has 1 aliphatic rings. The van der Waals surface area contributed by atoms with Gasteiger partial charge in [-0.1, -0.05) is 50.8 Å². The van der Waals surface area contributed by atoms with Crippen molar-refractivity contribution in [3.8, 4) is 0 Å². The number of hydrogen-bond donors (Lipinski definition) is 2. The Hall–Kier alpha value is -1.83. The Bertz CT molecular complexity index is 815. The fraction of sp³-hybridized carbons (Fsp3) is 0.727. The summed E-state index contributed by atoms with van der Waals surface area (Å²) in [6.07, 6.45) is 11.1. The molecule has 0 aliphatic heterocycles. The van der Waals surface area contributed by atoms with Gasteiger partial charge in [-0.2, -0.15) is 5.10 Å².